The topological polar surface area (TPSA) is 49.8 Å². The minimum Gasteiger partial charge on any atom is -0.484 e. The number of aryl methyl sites for hydroxylation is 2. The molecule has 1 N–H and O–H groups in total. The van der Waals surface area contributed by atoms with Crippen LogP contribution < -0.4 is 4.74 Å². The quantitative estimate of drug-likeness (QED) is 0.922. The van der Waals surface area contributed by atoms with Crippen LogP contribution in [0.15, 0.2) is 12.1 Å². The highest BCUT2D eigenvalue weighted by Crippen LogP contribution is 2.25. The third kappa shape index (κ3) is 3.39. The fraction of sp³-hybridized carbons (Fsp3) is 0.500. The molecule has 1 aliphatic rings. The second kappa shape index (κ2) is 5.80. The van der Waals surface area contributed by atoms with Crippen LogP contribution in [0.25, 0.3) is 0 Å². The molecule has 1 heterocycles. The molecule has 0 bridgehead atoms. The smallest absolute Gasteiger partial charge is 0.260 e. The summed E-state index contributed by atoms with van der Waals surface area (Å²) in [5.41, 5.74) is 1.86. The second-order valence-electron chi connectivity index (χ2n) is 4.94. The second-order valence-corrected chi connectivity index (χ2v) is 5.32. The van der Waals surface area contributed by atoms with Gasteiger partial charge in [-0.3, -0.25) is 4.79 Å². The minimum atomic E-state index is -0.399. The van der Waals surface area contributed by atoms with Crippen molar-refractivity contribution in [2.75, 3.05) is 19.7 Å². The van der Waals surface area contributed by atoms with Gasteiger partial charge in [-0.15, -0.1) is 0 Å². The number of aliphatic hydroxyl groups excluding tert-OH is 1. The number of β-amino-alcohol motifs (C(OH)–C–C–N with tert-alkyl or cyclic N) is 1. The monoisotopic (exact) mass is 283 g/mol. The van der Waals surface area contributed by atoms with Crippen LogP contribution in [0.5, 0.6) is 5.75 Å². The Kier molecular flexibility index (Phi) is 4.32. The third-order valence-corrected chi connectivity index (χ3v) is 3.88. The number of rotatable bonds is 3. The van der Waals surface area contributed by atoms with E-state index in [1.165, 1.54) is 0 Å². The van der Waals surface area contributed by atoms with Gasteiger partial charge in [-0.25, -0.2) is 0 Å². The number of hydrogen-bond acceptors (Lipinski definition) is 3. The first kappa shape index (κ1) is 14.2. The lowest BCUT2D eigenvalue weighted by Crippen LogP contribution is -2.33. The van der Waals surface area contributed by atoms with E-state index in [0.29, 0.717) is 25.3 Å². The van der Waals surface area contributed by atoms with Gasteiger partial charge in [-0.05, 0) is 43.5 Å². The Morgan fingerprint density at radius 1 is 1.47 bits per heavy atom. The summed E-state index contributed by atoms with van der Waals surface area (Å²) < 4.78 is 5.50. The number of halogens is 1. The van der Waals surface area contributed by atoms with E-state index in [9.17, 15) is 9.90 Å². The molecule has 5 heteroatoms. The molecule has 2 rings (SSSR count). The highest BCUT2D eigenvalue weighted by atomic mass is 35.5. The zero-order valence-corrected chi connectivity index (χ0v) is 11.9. The number of aliphatic hydroxyl groups is 1. The predicted molar refractivity (Wildman–Crippen MR) is 73.6 cm³/mol. The summed E-state index contributed by atoms with van der Waals surface area (Å²) in [7, 11) is 0. The Labute approximate surface area is 117 Å². The van der Waals surface area contributed by atoms with Crippen LogP contribution in [0.1, 0.15) is 17.5 Å². The molecule has 1 aromatic carbocycles. The number of amides is 1. The molecule has 1 fully saturated rings. The summed E-state index contributed by atoms with van der Waals surface area (Å²) in [6.45, 7) is 4.80. The fourth-order valence-electron chi connectivity index (χ4n) is 2.19. The molecule has 0 aromatic heterocycles. The van der Waals surface area contributed by atoms with Crippen molar-refractivity contribution in [3.05, 3.63) is 28.3 Å². The molecule has 104 valence electrons. The van der Waals surface area contributed by atoms with Crippen molar-refractivity contribution in [2.24, 2.45) is 0 Å². The normalized spacial score (nSPS) is 18.7. The van der Waals surface area contributed by atoms with E-state index in [1.807, 2.05) is 26.0 Å². The molecule has 1 saturated heterocycles. The molecule has 0 saturated carbocycles. The van der Waals surface area contributed by atoms with Gasteiger partial charge in [0.25, 0.3) is 5.91 Å². The van der Waals surface area contributed by atoms with Crippen molar-refractivity contribution in [1.82, 2.24) is 4.90 Å². The lowest BCUT2D eigenvalue weighted by Gasteiger charge is -2.16. The standard InChI is InChI=1S/C14H18ClNO3/c1-9-5-12(6-10(2)14(9)15)19-8-13(18)16-4-3-11(17)7-16/h5-6,11,17H,3-4,7-8H2,1-2H3/t11-/m1/s1. The van der Waals surface area contributed by atoms with E-state index in [4.69, 9.17) is 16.3 Å². The Bertz CT molecular complexity index is 467. The van der Waals surface area contributed by atoms with Crippen molar-refractivity contribution in [2.45, 2.75) is 26.4 Å². The van der Waals surface area contributed by atoms with Crippen molar-refractivity contribution < 1.29 is 14.6 Å². The summed E-state index contributed by atoms with van der Waals surface area (Å²) in [6, 6.07) is 3.64. The van der Waals surface area contributed by atoms with Crippen LogP contribution in [-0.2, 0) is 4.79 Å². The molecule has 1 aromatic rings. The Hall–Kier alpha value is -1.26. The highest BCUT2D eigenvalue weighted by Gasteiger charge is 2.24. The molecular formula is C14H18ClNO3. The van der Waals surface area contributed by atoms with Crippen LogP contribution in [0.3, 0.4) is 0 Å². The van der Waals surface area contributed by atoms with Gasteiger partial charge in [-0.1, -0.05) is 11.6 Å². The zero-order chi connectivity index (χ0) is 14.0. The zero-order valence-electron chi connectivity index (χ0n) is 11.1. The third-order valence-electron chi connectivity index (χ3n) is 3.29. The summed E-state index contributed by atoms with van der Waals surface area (Å²) >= 11 is 6.07. The van der Waals surface area contributed by atoms with E-state index in [0.717, 1.165) is 16.1 Å². The maximum Gasteiger partial charge on any atom is 0.260 e. The van der Waals surface area contributed by atoms with Crippen molar-refractivity contribution in [3.8, 4) is 5.75 Å². The average Bonchev–Trinajstić information content (AvgIpc) is 2.79. The van der Waals surface area contributed by atoms with Crippen LogP contribution in [-0.4, -0.2) is 41.7 Å². The Morgan fingerprint density at radius 2 is 2.11 bits per heavy atom. The summed E-state index contributed by atoms with van der Waals surface area (Å²) in [6.07, 6.45) is 0.245. The van der Waals surface area contributed by atoms with Gasteiger partial charge in [0.1, 0.15) is 5.75 Å². The van der Waals surface area contributed by atoms with Crippen molar-refractivity contribution in [3.63, 3.8) is 0 Å². The van der Waals surface area contributed by atoms with Gasteiger partial charge in [0.05, 0.1) is 6.10 Å². The number of benzene rings is 1. The molecule has 0 radical (unpaired) electrons. The molecule has 1 atom stereocenters. The molecule has 0 unspecified atom stereocenters. The van der Waals surface area contributed by atoms with Crippen molar-refractivity contribution >= 4 is 17.5 Å². The maximum absolute atomic E-state index is 11.9. The largest absolute Gasteiger partial charge is 0.484 e. The SMILES string of the molecule is Cc1cc(OCC(=O)N2CC[C@@H](O)C2)cc(C)c1Cl. The molecular weight excluding hydrogens is 266 g/mol. The predicted octanol–water partition coefficient (Wildman–Crippen LogP) is 1.93. The van der Waals surface area contributed by atoms with Crippen LogP contribution in [0.4, 0.5) is 0 Å². The summed E-state index contributed by atoms with van der Waals surface area (Å²) in [5, 5.41) is 10.1. The first-order chi connectivity index (χ1) is 8.97. The van der Waals surface area contributed by atoms with Gasteiger partial charge >= 0.3 is 0 Å². The first-order valence-electron chi connectivity index (χ1n) is 6.32. The first-order valence-corrected chi connectivity index (χ1v) is 6.70. The van der Waals surface area contributed by atoms with Gasteiger partial charge in [0.2, 0.25) is 0 Å². The number of hydrogen-bond donors (Lipinski definition) is 1. The minimum absolute atomic E-state index is 0.00671. The van der Waals surface area contributed by atoms with Crippen LogP contribution in [0.2, 0.25) is 5.02 Å². The summed E-state index contributed by atoms with van der Waals surface area (Å²) in [4.78, 5) is 13.5. The van der Waals surface area contributed by atoms with Gasteiger partial charge in [0.15, 0.2) is 6.61 Å². The summed E-state index contributed by atoms with van der Waals surface area (Å²) in [5.74, 6) is 0.550. The van der Waals surface area contributed by atoms with Gasteiger partial charge < -0.3 is 14.7 Å². The fourth-order valence-corrected chi connectivity index (χ4v) is 2.30. The Morgan fingerprint density at radius 3 is 2.63 bits per heavy atom. The number of carbonyl (C=O) groups is 1. The van der Waals surface area contributed by atoms with E-state index in [-0.39, 0.29) is 12.5 Å². The van der Waals surface area contributed by atoms with E-state index < -0.39 is 6.10 Å². The van der Waals surface area contributed by atoms with Gasteiger partial charge in [0, 0.05) is 18.1 Å². The van der Waals surface area contributed by atoms with Crippen LogP contribution in [0, 0.1) is 13.8 Å². The van der Waals surface area contributed by atoms with E-state index in [1.54, 1.807) is 4.90 Å². The molecule has 0 aliphatic carbocycles. The highest BCUT2D eigenvalue weighted by molar-refractivity contribution is 6.32. The number of ether oxygens (including phenoxy) is 1. The number of nitrogens with zero attached hydrogens (tertiary/aromatic N) is 1. The van der Waals surface area contributed by atoms with Gasteiger partial charge in [-0.2, -0.15) is 0 Å². The van der Waals surface area contributed by atoms with E-state index >= 15 is 0 Å². The Balaban J connectivity index is 1.94. The molecule has 4 nitrogen and oxygen atoms in total. The molecule has 0 spiro atoms. The molecule has 1 aliphatic heterocycles. The number of carbonyl (C=O) groups excluding carboxylic acids is 1. The number of likely N-dealkylation sites (tertiary alicyclic amines) is 1. The average molecular weight is 284 g/mol. The van der Waals surface area contributed by atoms with Crippen molar-refractivity contribution in [1.29, 1.82) is 0 Å². The molecule has 1 amide bonds. The molecule has 19 heavy (non-hydrogen) atoms. The lowest BCUT2D eigenvalue weighted by atomic mass is 10.1. The van der Waals surface area contributed by atoms with E-state index in [2.05, 4.69) is 0 Å². The maximum atomic E-state index is 11.9. The lowest BCUT2D eigenvalue weighted by molar-refractivity contribution is -0.132. The van der Waals surface area contributed by atoms with Crippen LogP contribution >= 0.6 is 11.6 Å².